The predicted molar refractivity (Wildman–Crippen MR) is 144 cm³/mol. The Morgan fingerprint density at radius 3 is 2.54 bits per heavy atom. The lowest BCUT2D eigenvalue weighted by Crippen LogP contribution is -2.14. The molecule has 2 aromatic carbocycles. The molecule has 0 unspecified atom stereocenters. The van der Waals surface area contributed by atoms with Gasteiger partial charge in [-0.05, 0) is 41.7 Å². The number of nitrogens with one attached hydrogen (secondary N) is 1. The molecule has 0 spiro atoms. The maximum Gasteiger partial charge on any atom is 0.350 e. The van der Waals surface area contributed by atoms with Gasteiger partial charge in [-0.25, -0.2) is 9.78 Å². The minimum atomic E-state index is -0.298. The van der Waals surface area contributed by atoms with Crippen molar-refractivity contribution in [2.75, 3.05) is 7.11 Å². The Bertz CT molecular complexity index is 1550. The first kappa shape index (κ1) is 23.5. The fourth-order valence-corrected chi connectivity index (χ4v) is 6.45. The van der Waals surface area contributed by atoms with Crippen LogP contribution < -0.4 is 0 Å². The van der Waals surface area contributed by atoms with E-state index in [-0.39, 0.29) is 5.97 Å². The number of ether oxygens (including phenoxy) is 1. The molecule has 0 saturated heterocycles. The monoisotopic (exact) mass is 512 g/mol. The number of carbonyl (C=O) groups excluding carboxylic acids is 1. The van der Waals surface area contributed by atoms with Crippen LogP contribution in [-0.2, 0) is 11.3 Å². The highest BCUT2D eigenvalue weighted by molar-refractivity contribution is 7.15. The van der Waals surface area contributed by atoms with Crippen molar-refractivity contribution in [2.45, 2.75) is 51.5 Å². The molecule has 1 aliphatic rings. The topological polar surface area (TPSA) is 98.6 Å². The van der Waals surface area contributed by atoms with E-state index in [4.69, 9.17) is 9.72 Å². The number of aromatic amines is 1. The quantitative estimate of drug-likeness (QED) is 0.275. The fourth-order valence-electron chi connectivity index (χ4n) is 5.44. The van der Waals surface area contributed by atoms with Crippen LogP contribution in [0.4, 0.5) is 0 Å². The molecule has 3 aromatic heterocycles. The summed E-state index contributed by atoms with van der Waals surface area (Å²) in [5.41, 5.74) is 6.03. The summed E-state index contributed by atoms with van der Waals surface area (Å²) in [6, 6.07) is 16.6. The van der Waals surface area contributed by atoms with Crippen molar-refractivity contribution >= 4 is 28.3 Å². The Kier molecular flexibility index (Phi) is 6.30. The maximum atomic E-state index is 12.7. The second-order valence-corrected chi connectivity index (χ2v) is 10.8. The van der Waals surface area contributed by atoms with Crippen LogP contribution in [-0.4, -0.2) is 43.3 Å². The molecule has 0 amide bonds. The van der Waals surface area contributed by atoms with Crippen LogP contribution in [0.1, 0.15) is 64.0 Å². The lowest BCUT2D eigenvalue weighted by Gasteiger charge is -2.22. The molecule has 8 nitrogen and oxygen atoms in total. The minimum Gasteiger partial charge on any atom is -0.465 e. The highest BCUT2D eigenvalue weighted by Gasteiger charge is 2.28. The van der Waals surface area contributed by atoms with E-state index in [2.05, 4.69) is 55.5 Å². The first-order valence-corrected chi connectivity index (χ1v) is 13.5. The first-order valence-electron chi connectivity index (χ1n) is 12.6. The van der Waals surface area contributed by atoms with Crippen LogP contribution in [0.15, 0.2) is 48.5 Å². The number of methoxy groups -OCH3 is 1. The van der Waals surface area contributed by atoms with Gasteiger partial charge in [0.2, 0.25) is 5.82 Å². The summed E-state index contributed by atoms with van der Waals surface area (Å²) in [5.74, 6) is 1.78. The predicted octanol–water partition coefficient (Wildman–Crippen LogP) is 6.14. The summed E-state index contributed by atoms with van der Waals surface area (Å²) >= 11 is 1.47. The molecule has 3 heterocycles. The molecule has 0 atom stereocenters. The highest BCUT2D eigenvalue weighted by Crippen LogP contribution is 2.39. The molecule has 1 fully saturated rings. The van der Waals surface area contributed by atoms with E-state index >= 15 is 0 Å². The Balaban J connectivity index is 1.39. The number of hydrogen-bond acceptors (Lipinski definition) is 7. The number of thiophene rings is 1. The zero-order valence-electron chi connectivity index (χ0n) is 20.9. The summed E-state index contributed by atoms with van der Waals surface area (Å²) in [6.07, 6.45) is 6.01. The van der Waals surface area contributed by atoms with Gasteiger partial charge in [-0.1, -0.05) is 67.8 Å². The molecule has 1 saturated carbocycles. The second kappa shape index (κ2) is 9.89. The van der Waals surface area contributed by atoms with E-state index in [1.54, 1.807) is 0 Å². The normalized spacial score (nSPS) is 14.3. The molecule has 1 N–H and O–H groups in total. The van der Waals surface area contributed by atoms with E-state index in [1.807, 2.05) is 25.1 Å². The lowest BCUT2D eigenvalue weighted by molar-refractivity contribution is 0.0608. The smallest absolute Gasteiger partial charge is 0.350 e. The third-order valence-electron chi connectivity index (χ3n) is 7.26. The van der Waals surface area contributed by atoms with E-state index in [0.29, 0.717) is 23.2 Å². The van der Waals surface area contributed by atoms with Crippen molar-refractivity contribution in [2.24, 2.45) is 0 Å². The average Bonchev–Trinajstić information content (AvgIpc) is 3.68. The maximum absolute atomic E-state index is 12.7. The Morgan fingerprint density at radius 1 is 1.08 bits per heavy atom. The van der Waals surface area contributed by atoms with Crippen LogP contribution in [0.25, 0.3) is 33.5 Å². The number of benzene rings is 2. The number of fused-ring (bicyclic) bond motifs is 1. The van der Waals surface area contributed by atoms with Crippen molar-refractivity contribution in [3.63, 3.8) is 0 Å². The number of rotatable bonds is 6. The number of nitrogens with zero attached hydrogens (tertiary/aromatic N) is 5. The molecule has 0 aliphatic heterocycles. The van der Waals surface area contributed by atoms with Gasteiger partial charge in [0, 0.05) is 22.9 Å². The summed E-state index contributed by atoms with van der Waals surface area (Å²) < 4.78 is 7.40. The van der Waals surface area contributed by atoms with Crippen LogP contribution >= 0.6 is 11.3 Å². The first-order chi connectivity index (χ1) is 18.1. The molecule has 188 valence electrons. The van der Waals surface area contributed by atoms with Gasteiger partial charge < -0.3 is 9.30 Å². The zero-order chi connectivity index (χ0) is 25.4. The third kappa shape index (κ3) is 4.33. The molecular formula is C28H28N6O2S. The van der Waals surface area contributed by atoms with E-state index in [0.717, 1.165) is 56.8 Å². The number of H-pyrrole nitrogens is 1. The van der Waals surface area contributed by atoms with Crippen molar-refractivity contribution in [1.29, 1.82) is 0 Å². The van der Waals surface area contributed by atoms with Crippen LogP contribution in [0.2, 0.25) is 0 Å². The summed E-state index contributed by atoms with van der Waals surface area (Å²) in [5, 5.41) is 14.6. The van der Waals surface area contributed by atoms with E-state index in [9.17, 15) is 4.79 Å². The number of esters is 1. The Hall–Kier alpha value is -3.85. The van der Waals surface area contributed by atoms with E-state index < -0.39 is 0 Å². The van der Waals surface area contributed by atoms with Gasteiger partial charge in [0.15, 0.2) is 0 Å². The average molecular weight is 513 g/mol. The van der Waals surface area contributed by atoms with Crippen LogP contribution in [0.3, 0.4) is 0 Å². The molecule has 5 aromatic rings. The van der Waals surface area contributed by atoms with Gasteiger partial charge in [-0.3, -0.25) is 0 Å². The van der Waals surface area contributed by atoms with Gasteiger partial charge in [0.25, 0.3) is 0 Å². The standard InChI is InChI=1S/C28H28N6O2S/c1-17-23-24(25(37-17)28(35)36-2)34(27(29-23)20-8-4-3-5-9-20)16-18-12-14-19(15-13-18)21-10-6-7-11-22(21)26-30-32-33-31-26/h6-7,10-15,20H,3-5,8-9,16H2,1-2H3,(H,30,31,32,33). The van der Waals surface area contributed by atoms with Crippen molar-refractivity contribution in [1.82, 2.24) is 30.2 Å². The van der Waals surface area contributed by atoms with Gasteiger partial charge in [0.05, 0.1) is 12.6 Å². The van der Waals surface area contributed by atoms with Crippen LogP contribution in [0, 0.1) is 6.92 Å². The summed E-state index contributed by atoms with van der Waals surface area (Å²) in [6.45, 7) is 2.69. The summed E-state index contributed by atoms with van der Waals surface area (Å²) in [7, 11) is 1.44. The largest absolute Gasteiger partial charge is 0.465 e. The molecule has 6 rings (SSSR count). The number of hydrogen-bond donors (Lipinski definition) is 1. The van der Waals surface area contributed by atoms with Gasteiger partial charge in [-0.15, -0.1) is 21.5 Å². The van der Waals surface area contributed by atoms with Crippen LogP contribution in [0.5, 0.6) is 0 Å². The van der Waals surface area contributed by atoms with Crippen molar-refractivity contribution < 1.29 is 9.53 Å². The number of carbonyl (C=O) groups is 1. The summed E-state index contributed by atoms with van der Waals surface area (Å²) in [4.78, 5) is 19.5. The van der Waals surface area contributed by atoms with Crippen molar-refractivity contribution in [3.8, 4) is 22.5 Å². The Labute approximate surface area is 218 Å². The number of aromatic nitrogens is 6. The molecule has 9 heteroatoms. The minimum absolute atomic E-state index is 0.298. The second-order valence-electron chi connectivity index (χ2n) is 9.55. The number of imidazole rings is 1. The number of tetrazole rings is 1. The zero-order valence-corrected chi connectivity index (χ0v) is 21.7. The molecule has 0 radical (unpaired) electrons. The molecule has 0 bridgehead atoms. The molecule has 1 aliphatic carbocycles. The van der Waals surface area contributed by atoms with Crippen molar-refractivity contribution in [3.05, 3.63) is 69.7 Å². The molecule has 37 heavy (non-hydrogen) atoms. The lowest BCUT2D eigenvalue weighted by atomic mass is 9.88. The van der Waals surface area contributed by atoms with Gasteiger partial charge in [0.1, 0.15) is 16.2 Å². The van der Waals surface area contributed by atoms with Gasteiger partial charge >= 0.3 is 5.97 Å². The van der Waals surface area contributed by atoms with Gasteiger partial charge in [-0.2, -0.15) is 5.21 Å². The Morgan fingerprint density at radius 2 is 1.84 bits per heavy atom. The fraction of sp³-hybridized carbons (Fsp3) is 0.321. The third-order valence-corrected chi connectivity index (χ3v) is 8.32. The van der Waals surface area contributed by atoms with E-state index in [1.165, 1.54) is 37.7 Å². The highest BCUT2D eigenvalue weighted by atomic mass is 32.1. The number of aryl methyl sites for hydroxylation is 1. The SMILES string of the molecule is COC(=O)c1sc(C)c2nc(C3CCCCC3)n(Cc3ccc(-c4ccccc4-c4nn[nH]n4)cc3)c12. The molecular weight excluding hydrogens is 484 g/mol.